The molecule has 3 aromatic rings. The number of nitrogens with two attached hydrogens (primary N) is 1. The lowest BCUT2D eigenvalue weighted by molar-refractivity contribution is -0.116. The Morgan fingerprint density at radius 2 is 1.66 bits per heavy atom. The van der Waals surface area contributed by atoms with Crippen molar-refractivity contribution in [2.24, 2.45) is 5.73 Å². The van der Waals surface area contributed by atoms with Gasteiger partial charge in [-0.3, -0.25) is 4.79 Å². The van der Waals surface area contributed by atoms with Gasteiger partial charge in [-0.1, -0.05) is 57.2 Å². The number of pyridine rings is 1. The number of para-hydroxylation sites is 2. The maximum atomic E-state index is 11.8. The van der Waals surface area contributed by atoms with Gasteiger partial charge in [0.1, 0.15) is 18.0 Å². The third-order valence-electron chi connectivity index (χ3n) is 4.66. The molecule has 0 unspecified atom stereocenters. The zero-order valence-corrected chi connectivity index (χ0v) is 17.3. The minimum atomic E-state index is -0.432. The lowest BCUT2D eigenvalue weighted by Gasteiger charge is -2.27. The van der Waals surface area contributed by atoms with E-state index >= 15 is 0 Å². The van der Waals surface area contributed by atoms with Crippen LogP contribution < -0.4 is 15.4 Å². The topological polar surface area (TPSA) is 68.5 Å². The average molecular weight is 389 g/mol. The van der Waals surface area contributed by atoms with Crippen LogP contribution in [0, 0.1) is 6.92 Å². The van der Waals surface area contributed by atoms with Crippen LogP contribution in [0.1, 0.15) is 31.9 Å². The number of nitrogens with zero attached hydrogens (tertiary/aromatic N) is 2. The van der Waals surface area contributed by atoms with Gasteiger partial charge in [0.05, 0.1) is 0 Å². The molecule has 0 saturated heterocycles. The molecule has 150 valence electrons. The molecular formula is C24H27N3O2. The fourth-order valence-corrected chi connectivity index (χ4v) is 3.27. The molecule has 0 atom stereocenters. The van der Waals surface area contributed by atoms with E-state index in [1.165, 1.54) is 0 Å². The third-order valence-corrected chi connectivity index (χ3v) is 4.66. The molecule has 2 aromatic carbocycles. The summed E-state index contributed by atoms with van der Waals surface area (Å²) in [4.78, 5) is 18.2. The number of benzene rings is 2. The van der Waals surface area contributed by atoms with Gasteiger partial charge in [-0.25, -0.2) is 4.98 Å². The number of ether oxygens (including phenoxy) is 1. The van der Waals surface area contributed by atoms with Gasteiger partial charge in [-0.05, 0) is 42.2 Å². The quantitative estimate of drug-likeness (QED) is 0.636. The number of primary amides is 1. The van der Waals surface area contributed by atoms with Crippen LogP contribution in [-0.2, 0) is 10.2 Å². The van der Waals surface area contributed by atoms with E-state index in [9.17, 15) is 4.79 Å². The average Bonchev–Trinajstić information content (AvgIpc) is 2.67. The van der Waals surface area contributed by atoms with E-state index < -0.39 is 5.91 Å². The second kappa shape index (κ2) is 8.35. The molecule has 0 bridgehead atoms. The predicted octanol–water partition coefficient (Wildman–Crippen LogP) is 5.10. The third kappa shape index (κ3) is 4.74. The Bertz CT molecular complexity index is 1010. The number of carbonyl (C=O) groups excluding carboxylic acids is 1. The van der Waals surface area contributed by atoms with Crippen molar-refractivity contribution in [3.8, 4) is 11.6 Å². The lowest BCUT2D eigenvalue weighted by atomic mass is 9.86. The summed E-state index contributed by atoms with van der Waals surface area (Å²) in [7, 11) is 0. The molecule has 5 nitrogen and oxygen atoms in total. The van der Waals surface area contributed by atoms with Crippen LogP contribution in [0.15, 0.2) is 66.9 Å². The second-order valence-corrected chi connectivity index (χ2v) is 8.01. The van der Waals surface area contributed by atoms with Crippen LogP contribution in [0.4, 0.5) is 11.4 Å². The molecule has 1 aromatic heterocycles. The van der Waals surface area contributed by atoms with E-state index in [1.807, 2.05) is 66.4 Å². The fraction of sp³-hybridized carbons (Fsp3) is 0.250. The zero-order chi connectivity index (χ0) is 21.0. The first-order valence-electron chi connectivity index (χ1n) is 9.61. The van der Waals surface area contributed by atoms with Crippen LogP contribution in [0.5, 0.6) is 11.6 Å². The van der Waals surface area contributed by atoms with Gasteiger partial charge < -0.3 is 15.4 Å². The number of amides is 1. The molecule has 29 heavy (non-hydrogen) atoms. The van der Waals surface area contributed by atoms with Crippen LogP contribution in [0.25, 0.3) is 0 Å². The summed E-state index contributed by atoms with van der Waals surface area (Å²) in [6.45, 7) is 8.44. The van der Waals surface area contributed by atoms with Gasteiger partial charge in [0, 0.05) is 17.4 Å². The van der Waals surface area contributed by atoms with Crippen molar-refractivity contribution in [3.63, 3.8) is 0 Å². The summed E-state index contributed by atoms with van der Waals surface area (Å²) in [5.41, 5.74) is 9.14. The zero-order valence-electron chi connectivity index (χ0n) is 17.3. The van der Waals surface area contributed by atoms with Crippen LogP contribution in [-0.4, -0.2) is 17.4 Å². The summed E-state index contributed by atoms with van der Waals surface area (Å²) < 4.78 is 6.29. The van der Waals surface area contributed by atoms with Crippen LogP contribution >= 0.6 is 0 Å². The first-order chi connectivity index (χ1) is 13.8. The van der Waals surface area contributed by atoms with Gasteiger partial charge in [0.15, 0.2) is 0 Å². The molecule has 2 N–H and O–H groups in total. The second-order valence-electron chi connectivity index (χ2n) is 8.01. The Kier molecular flexibility index (Phi) is 5.87. The lowest BCUT2D eigenvalue weighted by Crippen LogP contribution is -2.31. The highest BCUT2D eigenvalue weighted by Crippen LogP contribution is 2.39. The molecule has 1 heterocycles. The Morgan fingerprint density at radius 1 is 1.00 bits per heavy atom. The van der Waals surface area contributed by atoms with E-state index in [-0.39, 0.29) is 12.0 Å². The summed E-state index contributed by atoms with van der Waals surface area (Å²) in [5.74, 6) is 0.732. The number of carbonyl (C=O) groups is 1. The number of hydrogen-bond acceptors (Lipinski definition) is 4. The molecule has 0 saturated carbocycles. The number of rotatable bonds is 6. The van der Waals surface area contributed by atoms with Crippen molar-refractivity contribution in [1.82, 2.24) is 4.98 Å². The highest BCUT2D eigenvalue weighted by Gasteiger charge is 2.22. The summed E-state index contributed by atoms with van der Waals surface area (Å²) in [6.07, 6.45) is 1.68. The van der Waals surface area contributed by atoms with Gasteiger partial charge in [-0.2, -0.15) is 0 Å². The highest BCUT2D eigenvalue weighted by atomic mass is 16.5. The molecule has 0 aliphatic heterocycles. The molecule has 0 radical (unpaired) electrons. The van der Waals surface area contributed by atoms with E-state index in [0.717, 1.165) is 22.6 Å². The standard InChI is InChI=1S/C24H27N3O2/c1-17-10-5-7-12-19(17)27(16-22(25)28)20-13-9-15-26-23(20)29-21-14-8-6-11-18(21)24(2,3)4/h5-15H,16H2,1-4H3,(H2,25,28). The Morgan fingerprint density at radius 3 is 2.34 bits per heavy atom. The van der Waals surface area contributed by atoms with Crippen molar-refractivity contribution in [3.05, 3.63) is 78.0 Å². The van der Waals surface area contributed by atoms with E-state index in [2.05, 4.69) is 31.8 Å². The molecule has 0 spiro atoms. The number of aryl methyl sites for hydroxylation is 1. The monoisotopic (exact) mass is 389 g/mol. The van der Waals surface area contributed by atoms with Gasteiger partial charge in [0.2, 0.25) is 11.8 Å². The summed E-state index contributed by atoms with van der Waals surface area (Å²) in [6, 6.07) is 19.5. The number of anilines is 2. The summed E-state index contributed by atoms with van der Waals surface area (Å²) >= 11 is 0. The van der Waals surface area contributed by atoms with E-state index in [0.29, 0.717) is 11.6 Å². The van der Waals surface area contributed by atoms with E-state index in [4.69, 9.17) is 10.5 Å². The maximum Gasteiger partial charge on any atom is 0.243 e. The first kappa shape index (κ1) is 20.4. The Balaban J connectivity index is 2.09. The normalized spacial score (nSPS) is 11.2. The molecule has 0 aliphatic carbocycles. The highest BCUT2D eigenvalue weighted by molar-refractivity contribution is 5.84. The van der Waals surface area contributed by atoms with Gasteiger partial charge in [-0.15, -0.1) is 0 Å². The van der Waals surface area contributed by atoms with Crippen LogP contribution in [0.3, 0.4) is 0 Å². The largest absolute Gasteiger partial charge is 0.437 e. The molecule has 1 amide bonds. The molecular weight excluding hydrogens is 362 g/mol. The van der Waals surface area contributed by atoms with E-state index in [1.54, 1.807) is 6.20 Å². The SMILES string of the molecule is Cc1ccccc1N(CC(N)=O)c1cccnc1Oc1ccccc1C(C)(C)C. The smallest absolute Gasteiger partial charge is 0.243 e. The maximum absolute atomic E-state index is 11.8. The van der Waals surface area contributed by atoms with Crippen molar-refractivity contribution < 1.29 is 9.53 Å². The minimum absolute atomic E-state index is 0.0217. The van der Waals surface area contributed by atoms with Gasteiger partial charge in [0.25, 0.3) is 0 Å². The molecule has 0 fully saturated rings. The van der Waals surface area contributed by atoms with Crippen LogP contribution in [0.2, 0.25) is 0 Å². The Hall–Kier alpha value is -3.34. The first-order valence-corrected chi connectivity index (χ1v) is 9.61. The number of hydrogen-bond donors (Lipinski definition) is 1. The van der Waals surface area contributed by atoms with Crippen molar-refractivity contribution >= 4 is 17.3 Å². The minimum Gasteiger partial charge on any atom is -0.437 e. The van der Waals surface area contributed by atoms with Crippen molar-refractivity contribution in [2.45, 2.75) is 33.1 Å². The molecule has 0 aliphatic rings. The van der Waals surface area contributed by atoms with Crippen molar-refractivity contribution in [2.75, 3.05) is 11.4 Å². The van der Waals surface area contributed by atoms with Crippen molar-refractivity contribution in [1.29, 1.82) is 0 Å². The number of aromatic nitrogens is 1. The fourth-order valence-electron chi connectivity index (χ4n) is 3.27. The summed E-state index contributed by atoms with van der Waals surface area (Å²) in [5, 5.41) is 0. The predicted molar refractivity (Wildman–Crippen MR) is 117 cm³/mol. The van der Waals surface area contributed by atoms with Gasteiger partial charge >= 0.3 is 0 Å². The molecule has 5 heteroatoms. The Labute approximate surface area is 172 Å². The molecule has 3 rings (SSSR count).